The smallest absolute Gasteiger partial charge is 0.138 e. The summed E-state index contributed by atoms with van der Waals surface area (Å²) in [5.41, 5.74) is 1.02. The Balaban J connectivity index is 2.19. The minimum absolute atomic E-state index is 0.0757. The fourth-order valence-corrected chi connectivity index (χ4v) is 2.54. The van der Waals surface area contributed by atoms with Crippen LogP contribution in [0.4, 0.5) is 4.39 Å². The van der Waals surface area contributed by atoms with E-state index in [9.17, 15) is 4.39 Å². The van der Waals surface area contributed by atoms with Gasteiger partial charge in [-0.05, 0) is 47.1 Å². The van der Waals surface area contributed by atoms with E-state index in [4.69, 9.17) is 0 Å². The molecule has 1 atom stereocenters. The van der Waals surface area contributed by atoms with Crippen LogP contribution in [0.3, 0.4) is 0 Å². The maximum absolute atomic E-state index is 13.3. The highest BCUT2D eigenvalue weighted by Gasteiger charge is 2.15. The number of nitrogens with zero attached hydrogens (tertiary/aromatic N) is 3. The lowest BCUT2D eigenvalue weighted by atomic mass is 10.0. The standard InChI is InChI=1S/C14H18BrFN4/c1-3-6-20-14(18-9-19-20)8-13(17-2)10-4-5-12(16)11(15)7-10/h4-5,7,9,13,17H,3,6,8H2,1-2H3. The molecule has 0 fully saturated rings. The van der Waals surface area contributed by atoms with E-state index >= 15 is 0 Å². The van der Waals surface area contributed by atoms with Gasteiger partial charge >= 0.3 is 0 Å². The minimum atomic E-state index is -0.252. The zero-order valence-corrected chi connectivity index (χ0v) is 13.2. The average Bonchev–Trinajstić information content (AvgIpc) is 2.87. The maximum Gasteiger partial charge on any atom is 0.138 e. The van der Waals surface area contributed by atoms with Gasteiger partial charge in [0.1, 0.15) is 18.0 Å². The molecule has 1 aromatic heterocycles. The second-order valence-electron chi connectivity index (χ2n) is 4.62. The minimum Gasteiger partial charge on any atom is -0.313 e. The highest BCUT2D eigenvalue weighted by atomic mass is 79.9. The first-order chi connectivity index (χ1) is 9.65. The summed E-state index contributed by atoms with van der Waals surface area (Å²) in [5.74, 6) is 0.685. The molecule has 0 saturated carbocycles. The number of rotatable bonds is 6. The summed E-state index contributed by atoms with van der Waals surface area (Å²) in [6, 6.07) is 5.14. The van der Waals surface area contributed by atoms with Crippen LogP contribution in [0.15, 0.2) is 29.0 Å². The maximum atomic E-state index is 13.3. The van der Waals surface area contributed by atoms with Crippen LogP contribution in [0.5, 0.6) is 0 Å². The van der Waals surface area contributed by atoms with Gasteiger partial charge in [0.15, 0.2) is 0 Å². The van der Waals surface area contributed by atoms with Crippen LogP contribution >= 0.6 is 15.9 Å². The van der Waals surface area contributed by atoms with E-state index in [1.807, 2.05) is 11.7 Å². The van der Waals surface area contributed by atoms with Gasteiger partial charge in [0.25, 0.3) is 0 Å². The van der Waals surface area contributed by atoms with E-state index < -0.39 is 0 Å². The Morgan fingerprint density at radius 1 is 1.45 bits per heavy atom. The van der Waals surface area contributed by atoms with E-state index in [1.54, 1.807) is 18.5 Å². The molecule has 1 aromatic carbocycles. The first-order valence-electron chi connectivity index (χ1n) is 6.64. The summed E-state index contributed by atoms with van der Waals surface area (Å²) in [4.78, 5) is 4.31. The number of likely N-dealkylation sites (N-methyl/N-ethyl adjacent to an activating group) is 1. The molecule has 0 radical (unpaired) electrons. The summed E-state index contributed by atoms with van der Waals surface area (Å²) in [6.07, 6.45) is 3.32. The van der Waals surface area contributed by atoms with Gasteiger partial charge in [0, 0.05) is 19.0 Å². The van der Waals surface area contributed by atoms with Crippen LogP contribution in [0, 0.1) is 5.82 Å². The number of benzene rings is 1. The van der Waals surface area contributed by atoms with E-state index in [0.29, 0.717) is 10.9 Å². The molecule has 4 nitrogen and oxygen atoms in total. The molecule has 20 heavy (non-hydrogen) atoms. The van der Waals surface area contributed by atoms with Crippen molar-refractivity contribution < 1.29 is 4.39 Å². The lowest BCUT2D eigenvalue weighted by Crippen LogP contribution is -2.21. The van der Waals surface area contributed by atoms with Crippen LogP contribution in [0.2, 0.25) is 0 Å². The normalized spacial score (nSPS) is 12.6. The number of hydrogen-bond acceptors (Lipinski definition) is 3. The molecule has 0 spiro atoms. The van der Waals surface area contributed by atoms with Crippen molar-refractivity contribution in [3.8, 4) is 0 Å². The molecule has 1 N–H and O–H groups in total. The van der Waals surface area contributed by atoms with Gasteiger partial charge in [-0.25, -0.2) is 9.37 Å². The molecule has 6 heteroatoms. The number of aromatic nitrogens is 3. The van der Waals surface area contributed by atoms with Gasteiger partial charge in [0.05, 0.1) is 4.47 Å². The third kappa shape index (κ3) is 3.43. The molecule has 0 saturated heterocycles. The van der Waals surface area contributed by atoms with Crippen LogP contribution < -0.4 is 5.32 Å². The van der Waals surface area contributed by atoms with Crippen LogP contribution in [0.25, 0.3) is 0 Å². The Bertz CT molecular complexity index is 570. The van der Waals surface area contributed by atoms with Crippen molar-refractivity contribution in [3.05, 3.63) is 46.2 Å². The zero-order chi connectivity index (χ0) is 14.5. The first kappa shape index (κ1) is 15.1. The number of aryl methyl sites for hydroxylation is 1. The number of hydrogen-bond donors (Lipinski definition) is 1. The lowest BCUT2D eigenvalue weighted by molar-refractivity contribution is 0.516. The summed E-state index contributed by atoms with van der Waals surface area (Å²) in [6.45, 7) is 2.97. The van der Waals surface area contributed by atoms with Gasteiger partial charge in [-0.15, -0.1) is 0 Å². The second-order valence-corrected chi connectivity index (χ2v) is 5.47. The molecule has 0 aliphatic heterocycles. The van der Waals surface area contributed by atoms with Gasteiger partial charge in [-0.1, -0.05) is 13.0 Å². The van der Waals surface area contributed by atoms with Crippen molar-refractivity contribution in [2.24, 2.45) is 0 Å². The molecule has 1 heterocycles. The van der Waals surface area contributed by atoms with Crippen molar-refractivity contribution in [3.63, 3.8) is 0 Å². The summed E-state index contributed by atoms with van der Waals surface area (Å²) >= 11 is 3.22. The third-order valence-corrected chi connectivity index (χ3v) is 3.82. The van der Waals surface area contributed by atoms with E-state index in [0.717, 1.165) is 24.4 Å². The lowest BCUT2D eigenvalue weighted by Gasteiger charge is -2.17. The van der Waals surface area contributed by atoms with E-state index in [1.165, 1.54) is 6.07 Å². The van der Waals surface area contributed by atoms with Crippen molar-refractivity contribution >= 4 is 15.9 Å². The molecular formula is C14H18BrFN4. The molecule has 2 rings (SSSR count). The van der Waals surface area contributed by atoms with Gasteiger partial charge < -0.3 is 5.32 Å². The molecule has 0 aliphatic carbocycles. The van der Waals surface area contributed by atoms with E-state index in [-0.39, 0.29) is 11.9 Å². The molecule has 1 unspecified atom stereocenters. The monoisotopic (exact) mass is 340 g/mol. The third-order valence-electron chi connectivity index (χ3n) is 3.21. The van der Waals surface area contributed by atoms with Crippen molar-refractivity contribution in [2.45, 2.75) is 32.4 Å². The molecule has 0 bridgehead atoms. The van der Waals surface area contributed by atoms with Gasteiger partial charge in [0.2, 0.25) is 0 Å². The van der Waals surface area contributed by atoms with Gasteiger partial charge in [-0.3, -0.25) is 4.68 Å². The van der Waals surface area contributed by atoms with Crippen molar-refractivity contribution in [1.29, 1.82) is 0 Å². The predicted octanol–water partition coefficient (Wildman–Crippen LogP) is 3.09. The van der Waals surface area contributed by atoms with Gasteiger partial charge in [-0.2, -0.15) is 5.10 Å². The van der Waals surface area contributed by atoms with Crippen molar-refractivity contribution in [2.75, 3.05) is 7.05 Å². The summed E-state index contributed by atoms with van der Waals surface area (Å²) in [5, 5.41) is 7.48. The largest absolute Gasteiger partial charge is 0.313 e. The SMILES string of the molecule is CCCn1ncnc1CC(NC)c1ccc(F)c(Br)c1. The number of halogens is 2. The molecule has 108 valence electrons. The predicted molar refractivity (Wildman–Crippen MR) is 79.9 cm³/mol. The molecule has 0 amide bonds. The van der Waals surface area contributed by atoms with Crippen LogP contribution in [0.1, 0.15) is 30.8 Å². The van der Waals surface area contributed by atoms with Crippen LogP contribution in [-0.2, 0) is 13.0 Å². The molecule has 2 aromatic rings. The second kappa shape index (κ2) is 6.95. The summed E-state index contributed by atoms with van der Waals surface area (Å²) < 4.78 is 15.7. The quantitative estimate of drug-likeness (QED) is 0.878. The zero-order valence-electron chi connectivity index (χ0n) is 11.6. The highest BCUT2D eigenvalue weighted by molar-refractivity contribution is 9.10. The first-order valence-corrected chi connectivity index (χ1v) is 7.44. The Morgan fingerprint density at radius 2 is 2.25 bits per heavy atom. The average molecular weight is 341 g/mol. The topological polar surface area (TPSA) is 42.7 Å². The van der Waals surface area contributed by atoms with Crippen molar-refractivity contribution in [1.82, 2.24) is 20.1 Å². The van der Waals surface area contributed by atoms with Crippen LogP contribution in [-0.4, -0.2) is 21.8 Å². The summed E-state index contributed by atoms with van der Waals surface area (Å²) in [7, 11) is 1.89. The fraction of sp³-hybridized carbons (Fsp3) is 0.429. The fourth-order valence-electron chi connectivity index (χ4n) is 2.14. The number of nitrogens with one attached hydrogen (secondary N) is 1. The molecule has 0 aliphatic rings. The Kier molecular flexibility index (Phi) is 5.25. The Labute approximate surface area is 126 Å². The highest BCUT2D eigenvalue weighted by Crippen LogP contribution is 2.23. The molecular weight excluding hydrogens is 323 g/mol. The Hall–Kier alpha value is -1.27. The Morgan fingerprint density at radius 3 is 2.90 bits per heavy atom. The van der Waals surface area contributed by atoms with E-state index in [2.05, 4.69) is 38.3 Å².